The van der Waals surface area contributed by atoms with Crippen molar-refractivity contribution in [1.29, 1.82) is 0 Å². The number of amides is 1. The van der Waals surface area contributed by atoms with Crippen LogP contribution in [0.3, 0.4) is 0 Å². The van der Waals surface area contributed by atoms with Crippen LogP contribution < -0.4 is 11.1 Å². The number of hydrogen-bond donors (Lipinski definition) is 2. The second-order valence-electron chi connectivity index (χ2n) is 4.89. The van der Waals surface area contributed by atoms with Crippen molar-refractivity contribution in [3.05, 3.63) is 0 Å². The van der Waals surface area contributed by atoms with E-state index in [-0.39, 0.29) is 23.7 Å². The zero-order valence-electron chi connectivity index (χ0n) is 11.3. The van der Waals surface area contributed by atoms with Crippen LogP contribution in [-0.2, 0) is 9.53 Å². The van der Waals surface area contributed by atoms with Crippen molar-refractivity contribution in [2.75, 3.05) is 6.54 Å². The number of carbonyl (C=O) groups excluding carboxylic acids is 1. The Morgan fingerprint density at radius 1 is 1.29 bits per heavy atom. The number of carbonyl (C=O) groups is 1. The molecule has 1 heterocycles. The van der Waals surface area contributed by atoms with Crippen LogP contribution in [0, 0.1) is 0 Å². The quantitative estimate of drug-likeness (QED) is 0.743. The first-order valence-corrected chi connectivity index (χ1v) is 6.78. The van der Waals surface area contributed by atoms with E-state index in [0.29, 0.717) is 6.54 Å². The Bertz CT molecular complexity index is 244. The van der Waals surface area contributed by atoms with Crippen LogP contribution in [0.1, 0.15) is 52.9 Å². The summed E-state index contributed by atoms with van der Waals surface area (Å²) in [4.78, 5) is 12.1. The second kappa shape index (κ2) is 6.36. The highest BCUT2D eigenvalue weighted by atomic mass is 16.5. The first-order valence-electron chi connectivity index (χ1n) is 6.78. The topological polar surface area (TPSA) is 64.4 Å². The summed E-state index contributed by atoms with van der Waals surface area (Å²) in [6.07, 6.45) is 4.32. The molecular formula is C13H26N2O2. The molecule has 0 radical (unpaired) electrons. The molecule has 1 saturated heterocycles. The minimum atomic E-state index is -0.299. The normalized spacial score (nSPS) is 24.9. The fourth-order valence-corrected chi connectivity index (χ4v) is 2.43. The summed E-state index contributed by atoms with van der Waals surface area (Å²) in [7, 11) is 0. The molecular weight excluding hydrogens is 216 g/mol. The van der Waals surface area contributed by atoms with Gasteiger partial charge in [0.1, 0.15) is 6.10 Å². The van der Waals surface area contributed by atoms with Crippen molar-refractivity contribution in [1.82, 2.24) is 5.32 Å². The van der Waals surface area contributed by atoms with E-state index in [4.69, 9.17) is 10.5 Å². The summed E-state index contributed by atoms with van der Waals surface area (Å²) < 4.78 is 5.61. The lowest BCUT2D eigenvalue weighted by molar-refractivity contribution is -0.134. The Morgan fingerprint density at radius 2 is 1.88 bits per heavy atom. The summed E-state index contributed by atoms with van der Waals surface area (Å²) in [5, 5.41) is 3.16. The Balaban J connectivity index is 2.54. The lowest BCUT2D eigenvalue weighted by atomic mass is 9.89. The standard InChI is InChI=1S/C13H26N2O2/c1-4-13(5-2,6-3)15-12(16)11-8-7-10(9-14)17-11/h10-11H,4-9,14H2,1-3H3,(H,15,16). The SMILES string of the molecule is CCC(CC)(CC)NC(=O)C1CCC(CN)O1. The molecule has 0 aromatic rings. The number of rotatable bonds is 6. The van der Waals surface area contributed by atoms with E-state index in [0.717, 1.165) is 32.1 Å². The molecule has 1 aliphatic rings. The van der Waals surface area contributed by atoms with Crippen molar-refractivity contribution in [2.45, 2.75) is 70.6 Å². The van der Waals surface area contributed by atoms with E-state index < -0.39 is 0 Å². The molecule has 0 aliphatic carbocycles. The number of nitrogens with one attached hydrogen (secondary N) is 1. The van der Waals surface area contributed by atoms with Crippen molar-refractivity contribution in [3.8, 4) is 0 Å². The fraction of sp³-hybridized carbons (Fsp3) is 0.923. The molecule has 4 heteroatoms. The average Bonchev–Trinajstić information content (AvgIpc) is 2.85. The van der Waals surface area contributed by atoms with Crippen LogP contribution in [0.15, 0.2) is 0 Å². The third-order valence-electron chi connectivity index (χ3n) is 4.08. The molecule has 17 heavy (non-hydrogen) atoms. The van der Waals surface area contributed by atoms with Crippen LogP contribution in [0.5, 0.6) is 0 Å². The van der Waals surface area contributed by atoms with Gasteiger partial charge in [0.25, 0.3) is 0 Å². The van der Waals surface area contributed by atoms with Gasteiger partial charge in [0, 0.05) is 12.1 Å². The van der Waals surface area contributed by atoms with E-state index in [2.05, 4.69) is 26.1 Å². The van der Waals surface area contributed by atoms with Crippen LogP contribution in [-0.4, -0.2) is 30.2 Å². The first-order chi connectivity index (χ1) is 8.10. The van der Waals surface area contributed by atoms with E-state index in [1.54, 1.807) is 0 Å². The molecule has 1 aliphatic heterocycles. The highest BCUT2D eigenvalue weighted by Crippen LogP contribution is 2.23. The second-order valence-corrected chi connectivity index (χ2v) is 4.89. The predicted octanol–water partition coefficient (Wildman–Crippen LogP) is 1.58. The van der Waals surface area contributed by atoms with E-state index in [9.17, 15) is 4.79 Å². The summed E-state index contributed by atoms with van der Waals surface area (Å²) in [6, 6.07) is 0. The van der Waals surface area contributed by atoms with Gasteiger partial charge in [0.15, 0.2) is 0 Å². The van der Waals surface area contributed by atoms with Gasteiger partial charge in [-0.25, -0.2) is 0 Å². The molecule has 100 valence electrons. The van der Waals surface area contributed by atoms with Gasteiger partial charge in [0.05, 0.1) is 6.10 Å². The molecule has 0 aromatic carbocycles. The zero-order chi connectivity index (χ0) is 12.9. The van der Waals surface area contributed by atoms with Gasteiger partial charge in [-0.1, -0.05) is 20.8 Å². The third-order valence-corrected chi connectivity index (χ3v) is 4.08. The van der Waals surface area contributed by atoms with Gasteiger partial charge in [-0.05, 0) is 32.1 Å². The highest BCUT2D eigenvalue weighted by Gasteiger charge is 2.34. The Labute approximate surface area is 104 Å². The molecule has 1 fully saturated rings. The number of ether oxygens (including phenoxy) is 1. The minimum absolute atomic E-state index is 0.0338. The molecule has 3 N–H and O–H groups in total. The first kappa shape index (κ1) is 14.5. The molecule has 0 saturated carbocycles. The van der Waals surface area contributed by atoms with Gasteiger partial charge in [-0.2, -0.15) is 0 Å². The van der Waals surface area contributed by atoms with Crippen LogP contribution in [0.4, 0.5) is 0 Å². The molecule has 0 aromatic heterocycles. The zero-order valence-corrected chi connectivity index (χ0v) is 11.3. The molecule has 2 unspecified atom stereocenters. The lowest BCUT2D eigenvalue weighted by Gasteiger charge is -2.32. The summed E-state index contributed by atoms with van der Waals surface area (Å²) in [5.41, 5.74) is 5.48. The number of hydrogen-bond acceptors (Lipinski definition) is 3. The van der Waals surface area contributed by atoms with Crippen molar-refractivity contribution >= 4 is 5.91 Å². The van der Waals surface area contributed by atoms with Gasteiger partial charge in [-0.15, -0.1) is 0 Å². The van der Waals surface area contributed by atoms with E-state index in [1.165, 1.54) is 0 Å². The molecule has 0 spiro atoms. The molecule has 1 rings (SSSR count). The lowest BCUT2D eigenvalue weighted by Crippen LogP contribution is -2.50. The van der Waals surface area contributed by atoms with E-state index in [1.807, 2.05) is 0 Å². The summed E-state index contributed by atoms with van der Waals surface area (Å²) >= 11 is 0. The van der Waals surface area contributed by atoms with Crippen LogP contribution in [0.2, 0.25) is 0 Å². The Kier molecular flexibility index (Phi) is 5.40. The summed E-state index contributed by atoms with van der Waals surface area (Å²) in [6.45, 7) is 6.85. The van der Waals surface area contributed by atoms with Gasteiger partial charge < -0.3 is 15.8 Å². The fourth-order valence-electron chi connectivity index (χ4n) is 2.43. The monoisotopic (exact) mass is 242 g/mol. The van der Waals surface area contributed by atoms with Crippen molar-refractivity contribution in [2.24, 2.45) is 5.73 Å². The highest BCUT2D eigenvalue weighted by molar-refractivity contribution is 5.81. The average molecular weight is 242 g/mol. The van der Waals surface area contributed by atoms with Crippen molar-refractivity contribution in [3.63, 3.8) is 0 Å². The molecule has 1 amide bonds. The largest absolute Gasteiger partial charge is 0.364 e. The minimum Gasteiger partial charge on any atom is -0.364 e. The van der Waals surface area contributed by atoms with Crippen molar-refractivity contribution < 1.29 is 9.53 Å². The maximum absolute atomic E-state index is 12.1. The van der Waals surface area contributed by atoms with Gasteiger partial charge in [-0.3, -0.25) is 4.79 Å². The molecule has 2 atom stereocenters. The van der Waals surface area contributed by atoms with Gasteiger partial charge in [0.2, 0.25) is 5.91 Å². The Hall–Kier alpha value is -0.610. The molecule has 4 nitrogen and oxygen atoms in total. The van der Waals surface area contributed by atoms with Gasteiger partial charge >= 0.3 is 0 Å². The smallest absolute Gasteiger partial charge is 0.249 e. The van der Waals surface area contributed by atoms with E-state index >= 15 is 0 Å². The maximum Gasteiger partial charge on any atom is 0.249 e. The number of nitrogens with two attached hydrogens (primary N) is 1. The molecule has 0 bridgehead atoms. The van der Waals surface area contributed by atoms with Crippen LogP contribution in [0.25, 0.3) is 0 Å². The van der Waals surface area contributed by atoms with Crippen LogP contribution >= 0.6 is 0 Å². The Morgan fingerprint density at radius 3 is 2.29 bits per heavy atom. The summed E-state index contributed by atoms with van der Waals surface area (Å²) in [5.74, 6) is 0.0338. The third kappa shape index (κ3) is 3.42. The maximum atomic E-state index is 12.1. The predicted molar refractivity (Wildman–Crippen MR) is 68.7 cm³/mol.